The quantitative estimate of drug-likeness (QED) is 0.856. The molecular formula is C15H21ClFNO3S. The SMILES string of the molecule is CCS(=O)(=O)N[C@H]1CCCC[C@@H]1COc1cc(F)cc(Cl)c1. The number of sulfonamides is 1. The van der Waals surface area contributed by atoms with E-state index in [2.05, 4.69) is 4.72 Å². The van der Waals surface area contributed by atoms with Crippen LogP contribution in [0.2, 0.25) is 5.02 Å². The van der Waals surface area contributed by atoms with Gasteiger partial charge in [-0.1, -0.05) is 24.4 Å². The molecule has 1 aromatic carbocycles. The molecule has 0 unspecified atom stereocenters. The summed E-state index contributed by atoms with van der Waals surface area (Å²) in [5.41, 5.74) is 0. The van der Waals surface area contributed by atoms with E-state index in [0.717, 1.165) is 25.7 Å². The Morgan fingerprint density at radius 1 is 1.32 bits per heavy atom. The molecule has 124 valence electrons. The number of halogens is 2. The molecule has 0 amide bonds. The molecule has 2 rings (SSSR count). The third kappa shape index (κ3) is 5.11. The fourth-order valence-electron chi connectivity index (χ4n) is 2.69. The Balaban J connectivity index is 1.99. The molecule has 0 heterocycles. The standard InChI is InChI=1S/C15H21ClFNO3S/c1-2-22(19,20)18-15-6-4-3-5-11(15)10-21-14-8-12(16)7-13(17)9-14/h7-9,11,15,18H,2-6,10H2,1H3/t11-,15+/m1/s1. The number of benzene rings is 1. The zero-order chi connectivity index (χ0) is 16.2. The second-order valence-electron chi connectivity index (χ2n) is 5.59. The first-order valence-corrected chi connectivity index (χ1v) is 9.51. The van der Waals surface area contributed by atoms with Crippen LogP contribution in [0, 0.1) is 11.7 Å². The van der Waals surface area contributed by atoms with Gasteiger partial charge in [0.25, 0.3) is 0 Å². The summed E-state index contributed by atoms with van der Waals surface area (Å²) in [5.74, 6) is 0.0653. The van der Waals surface area contributed by atoms with Crippen LogP contribution in [0.4, 0.5) is 4.39 Å². The van der Waals surface area contributed by atoms with E-state index in [1.165, 1.54) is 12.1 Å². The summed E-state index contributed by atoms with van der Waals surface area (Å²) < 4.78 is 45.2. The van der Waals surface area contributed by atoms with Gasteiger partial charge in [-0.3, -0.25) is 0 Å². The molecule has 0 bridgehead atoms. The summed E-state index contributed by atoms with van der Waals surface area (Å²) in [7, 11) is -3.24. The maximum absolute atomic E-state index is 13.3. The molecule has 0 saturated heterocycles. The average Bonchev–Trinajstić information content (AvgIpc) is 2.45. The third-order valence-electron chi connectivity index (χ3n) is 3.92. The van der Waals surface area contributed by atoms with Crippen LogP contribution in [0.5, 0.6) is 5.75 Å². The lowest BCUT2D eigenvalue weighted by Crippen LogP contribution is -2.44. The predicted molar refractivity (Wildman–Crippen MR) is 85.2 cm³/mol. The molecule has 1 aliphatic rings. The maximum atomic E-state index is 13.3. The van der Waals surface area contributed by atoms with Crippen molar-refractivity contribution in [2.24, 2.45) is 5.92 Å². The van der Waals surface area contributed by atoms with E-state index in [9.17, 15) is 12.8 Å². The van der Waals surface area contributed by atoms with E-state index in [-0.39, 0.29) is 22.7 Å². The smallest absolute Gasteiger partial charge is 0.211 e. The van der Waals surface area contributed by atoms with Crippen LogP contribution in [0.3, 0.4) is 0 Å². The number of rotatable bonds is 6. The Bertz CT molecular complexity index is 589. The Kier molecular flexibility index (Phi) is 6.06. The highest BCUT2D eigenvalue weighted by Crippen LogP contribution is 2.27. The van der Waals surface area contributed by atoms with Crippen molar-refractivity contribution >= 4 is 21.6 Å². The number of ether oxygens (including phenoxy) is 1. The monoisotopic (exact) mass is 349 g/mol. The van der Waals surface area contributed by atoms with Gasteiger partial charge in [0.1, 0.15) is 11.6 Å². The van der Waals surface area contributed by atoms with Crippen molar-refractivity contribution in [2.45, 2.75) is 38.6 Å². The fraction of sp³-hybridized carbons (Fsp3) is 0.600. The first-order valence-electron chi connectivity index (χ1n) is 7.48. The predicted octanol–water partition coefficient (Wildman–Crippen LogP) is 3.36. The molecule has 1 fully saturated rings. The van der Waals surface area contributed by atoms with E-state index in [1.54, 1.807) is 13.0 Å². The summed E-state index contributed by atoms with van der Waals surface area (Å²) in [6, 6.07) is 3.92. The minimum atomic E-state index is -3.24. The number of hydrogen-bond acceptors (Lipinski definition) is 3. The second-order valence-corrected chi connectivity index (χ2v) is 8.07. The van der Waals surface area contributed by atoms with Crippen molar-refractivity contribution in [3.05, 3.63) is 29.0 Å². The molecule has 1 aliphatic carbocycles. The Morgan fingerprint density at radius 2 is 2.05 bits per heavy atom. The highest BCUT2D eigenvalue weighted by Gasteiger charge is 2.28. The molecule has 7 heteroatoms. The lowest BCUT2D eigenvalue weighted by Gasteiger charge is -2.31. The van der Waals surface area contributed by atoms with Crippen molar-refractivity contribution in [3.63, 3.8) is 0 Å². The summed E-state index contributed by atoms with van der Waals surface area (Å²) >= 11 is 5.79. The van der Waals surface area contributed by atoms with Crippen molar-refractivity contribution in [1.82, 2.24) is 4.72 Å². The zero-order valence-electron chi connectivity index (χ0n) is 12.5. The highest BCUT2D eigenvalue weighted by atomic mass is 35.5. The van der Waals surface area contributed by atoms with Crippen LogP contribution in [0.1, 0.15) is 32.6 Å². The minimum absolute atomic E-state index is 0.0661. The van der Waals surface area contributed by atoms with E-state index in [4.69, 9.17) is 16.3 Å². The molecule has 4 nitrogen and oxygen atoms in total. The van der Waals surface area contributed by atoms with Crippen molar-refractivity contribution in [2.75, 3.05) is 12.4 Å². The van der Waals surface area contributed by atoms with Gasteiger partial charge in [-0.05, 0) is 31.9 Å². The molecule has 0 aliphatic heterocycles. The molecule has 0 aromatic heterocycles. The van der Waals surface area contributed by atoms with Crippen LogP contribution < -0.4 is 9.46 Å². The van der Waals surface area contributed by atoms with Gasteiger partial charge in [-0.25, -0.2) is 17.5 Å². The molecule has 0 radical (unpaired) electrons. The van der Waals surface area contributed by atoms with Gasteiger partial charge < -0.3 is 4.74 Å². The normalized spacial score (nSPS) is 22.5. The van der Waals surface area contributed by atoms with Crippen molar-refractivity contribution < 1.29 is 17.5 Å². The summed E-state index contributed by atoms with van der Waals surface area (Å²) in [6.07, 6.45) is 3.73. The summed E-state index contributed by atoms with van der Waals surface area (Å²) in [5, 5.41) is 0.280. The maximum Gasteiger partial charge on any atom is 0.211 e. The molecule has 1 aromatic rings. The first-order chi connectivity index (χ1) is 10.4. The molecule has 1 N–H and O–H groups in total. The van der Waals surface area contributed by atoms with Gasteiger partial charge in [0.2, 0.25) is 10.0 Å². The van der Waals surface area contributed by atoms with Crippen LogP contribution in [-0.2, 0) is 10.0 Å². The van der Waals surface area contributed by atoms with Crippen LogP contribution in [0.25, 0.3) is 0 Å². The van der Waals surface area contributed by atoms with Crippen molar-refractivity contribution in [3.8, 4) is 5.75 Å². The van der Waals surface area contributed by atoms with Gasteiger partial charge in [0, 0.05) is 23.0 Å². The van der Waals surface area contributed by atoms with Crippen LogP contribution in [0.15, 0.2) is 18.2 Å². The largest absolute Gasteiger partial charge is 0.493 e. The average molecular weight is 350 g/mol. The van der Waals surface area contributed by atoms with Gasteiger partial charge in [0.05, 0.1) is 12.4 Å². The van der Waals surface area contributed by atoms with Gasteiger partial charge in [0.15, 0.2) is 0 Å². The van der Waals surface area contributed by atoms with Crippen LogP contribution >= 0.6 is 11.6 Å². The van der Waals surface area contributed by atoms with Gasteiger partial charge in [-0.15, -0.1) is 0 Å². The molecule has 1 saturated carbocycles. The number of nitrogens with one attached hydrogen (secondary N) is 1. The fourth-order valence-corrected chi connectivity index (χ4v) is 3.84. The van der Waals surface area contributed by atoms with Crippen molar-refractivity contribution in [1.29, 1.82) is 0 Å². The zero-order valence-corrected chi connectivity index (χ0v) is 14.1. The Morgan fingerprint density at radius 3 is 2.73 bits per heavy atom. The Hall–Kier alpha value is -0.850. The van der Waals surface area contributed by atoms with E-state index in [0.29, 0.717) is 12.4 Å². The highest BCUT2D eigenvalue weighted by molar-refractivity contribution is 7.89. The first kappa shape index (κ1) is 17.5. The van der Waals surface area contributed by atoms with E-state index < -0.39 is 15.8 Å². The molecule has 22 heavy (non-hydrogen) atoms. The molecule has 2 atom stereocenters. The second kappa shape index (κ2) is 7.62. The van der Waals surface area contributed by atoms with Gasteiger partial charge >= 0.3 is 0 Å². The number of hydrogen-bond donors (Lipinski definition) is 1. The van der Waals surface area contributed by atoms with E-state index in [1.807, 2.05) is 0 Å². The lowest BCUT2D eigenvalue weighted by atomic mass is 9.86. The van der Waals surface area contributed by atoms with Gasteiger partial charge in [-0.2, -0.15) is 0 Å². The van der Waals surface area contributed by atoms with E-state index >= 15 is 0 Å². The topological polar surface area (TPSA) is 55.4 Å². The lowest BCUT2D eigenvalue weighted by molar-refractivity contribution is 0.180. The van der Waals surface area contributed by atoms with Crippen LogP contribution in [-0.4, -0.2) is 26.8 Å². The molecular weight excluding hydrogens is 329 g/mol. The summed E-state index contributed by atoms with van der Waals surface area (Å²) in [6.45, 7) is 1.96. The summed E-state index contributed by atoms with van der Waals surface area (Å²) in [4.78, 5) is 0. The minimum Gasteiger partial charge on any atom is -0.493 e. The Labute approximate surface area is 136 Å². The third-order valence-corrected chi connectivity index (χ3v) is 5.56. The molecule has 0 spiro atoms.